The van der Waals surface area contributed by atoms with E-state index >= 15 is 0 Å². The lowest BCUT2D eigenvalue weighted by Gasteiger charge is -2.31. The molecule has 1 aliphatic rings. The first-order valence-corrected chi connectivity index (χ1v) is 14.6. The van der Waals surface area contributed by atoms with Crippen molar-refractivity contribution in [1.29, 1.82) is 0 Å². The summed E-state index contributed by atoms with van der Waals surface area (Å²) in [6.45, 7) is 11.1. The number of fused-ring (bicyclic) bond motifs is 2. The molecule has 0 bridgehead atoms. The van der Waals surface area contributed by atoms with E-state index in [9.17, 15) is 4.79 Å². The lowest BCUT2D eigenvalue weighted by Crippen LogP contribution is -2.35. The number of carbonyl (C=O) groups is 1. The number of urea groups is 1. The normalized spacial score (nSPS) is 12.9. The second-order valence-electron chi connectivity index (χ2n) is 11.8. The van der Waals surface area contributed by atoms with Crippen LogP contribution in [0, 0.1) is 6.92 Å². The van der Waals surface area contributed by atoms with Crippen molar-refractivity contribution in [2.75, 3.05) is 41.8 Å². The number of benzene rings is 4. The van der Waals surface area contributed by atoms with Crippen molar-refractivity contribution < 1.29 is 14.3 Å². The zero-order valence-electron chi connectivity index (χ0n) is 25.1. The van der Waals surface area contributed by atoms with Gasteiger partial charge in [0.2, 0.25) is 0 Å². The van der Waals surface area contributed by atoms with Crippen LogP contribution in [-0.4, -0.2) is 42.1 Å². The Morgan fingerprint density at radius 2 is 1.67 bits per heavy atom. The number of aromatic nitrogens is 2. The molecule has 220 valence electrons. The maximum Gasteiger partial charge on any atom is 0.324 e. The molecule has 43 heavy (non-hydrogen) atoms. The first kappa shape index (κ1) is 28.2. The van der Waals surface area contributed by atoms with Gasteiger partial charge in [-0.1, -0.05) is 74.9 Å². The van der Waals surface area contributed by atoms with Gasteiger partial charge in [-0.25, -0.2) is 9.48 Å². The predicted octanol–water partition coefficient (Wildman–Crippen LogP) is 7.55. The van der Waals surface area contributed by atoms with Crippen molar-refractivity contribution >= 4 is 34.0 Å². The van der Waals surface area contributed by atoms with E-state index in [2.05, 4.69) is 42.4 Å². The monoisotopic (exact) mass is 575 g/mol. The summed E-state index contributed by atoms with van der Waals surface area (Å²) in [4.78, 5) is 15.6. The lowest BCUT2D eigenvalue weighted by molar-refractivity contribution is 0.262. The average Bonchev–Trinajstić information content (AvgIpc) is 3.43. The fourth-order valence-corrected chi connectivity index (χ4v) is 5.22. The van der Waals surface area contributed by atoms with E-state index in [1.165, 1.54) is 0 Å². The maximum atomic E-state index is 13.3. The Morgan fingerprint density at radius 3 is 2.47 bits per heavy atom. The third-order valence-corrected chi connectivity index (χ3v) is 7.57. The van der Waals surface area contributed by atoms with Crippen LogP contribution >= 0.6 is 0 Å². The quantitative estimate of drug-likeness (QED) is 0.209. The van der Waals surface area contributed by atoms with Gasteiger partial charge in [0.05, 0.1) is 35.8 Å². The third-order valence-electron chi connectivity index (χ3n) is 7.57. The molecule has 2 N–H and O–H groups in total. The van der Waals surface area contributed by atoms with E-state index < -0.39 is 0 Å². The molecular formula is C35H37N5O3. The SMILES string of the molecule is Cc1ccc(-n2nc(C(C)(C)C)cc2NC(=O)Nc2ccc(OCCN3CCOc4ccccc43)c3ccccc23)cc1. The van der Waals surface area contributed by atoms with Gasteiger partial charge in [-0.15, -0.1) is 0 Å². The van der Waals surface area contributed by atoms with Gasteiger partial charge in [0.25, 0.3) is 0 Å². The van der Waals surface area contributed by atoms with Gasteiger partial charge in [-0.2, -0.15) is 5.10 Å². The number of ether oxygens (including phenoxy) is 2. The van der Waals surface area contributed by atoms with Gasteiger partial charge < -0.3 is 19.7 Å². The van der Waals surface area contributed by atoms with Crippen LogP contribution in [-0.2, 0) is 5.41 Å². The minimum atomic E-state index is -0.349. The van der Waals surface area contributed by atoms with Gasteiger partial charge >= 0.3 is 6.03 Å². The summed E-state index contributed by atoms with van der Waals surface area (Å²) in [5.41, 5.74) is 4.52. The summed E-state index contributed by atoms with van der Waals surface area (Å²) >= 11 is 0. The van der Waals surface area contributed by atoms with Crippen LogP contribution in [0.5, 0.6) is 11.5 Å². The van der Waals surface area contributed by atoms with E-state index in [0.29, 0.717) is 24.7 Å². The molecule has 0 aliphatic carbocycles. The van der Waals surface area contributed by atoms with Gasteiger partial charge in [-0.3, -0.25) is 5.32 Å². The van der Waals surface area contributed by atoms with Crippen molar-refractivity contribution in [3.63, 3.8) is 0 Å². The molecule has 0 radical (unpaired) electrons. The molecule has 2 amide bonds. The molecule has 4 aromatic carbocycles. The van der Waals surface area contributed by atoms with Gasteiger partial charge in [0.1, 0.15) is 30.5 Å². The fourth-order valence-electron chi connectivity index (χ4n) is 5.22. The Balaban J connectivity index is 1.18. The highest BCUT2D eigenvalue weighted by atomic mass is 16.5. The van der Waals surface area contributed by atoms with Crippen LogP contribution in [0.2, 0.25) is 0 Å². The van der Waals surface area contributed by atoms with Crippen molar-refractivity contribution in [3.05, 3.63) is 102 Å². The molecule has 6 rings (SSSR count). The summed E-state index contributed by atoms with van der Waals surface area (Å²) in [5, 5.41) is 12.7. The van der Waals surface area contributed by atoms with Crippen LogP contribution < -0.4 is 25.0 Å². The standard InChI is InChI=1S/C35H37N5O3/c1-24-13-15-25(16-14-24)40-33(23-32(38-40)35(2,3)4)37-34(41)36-28-17-18-30(27-10-6-5-9-26(27)28)42-21-19-39-20-22-43-31-12-8-7-11-29(31)39/h5-18,23H,19-22H2,1-4H3,(H2,36,37,41). The Hall–Kier alpha value is -4.98. The number of nitrogens with one attached hydrogen (secondary N) is 2. The van der Waals surface area contributed by atoms with E-state index in [1.54, 1.807) is 4.68 Å². The molecule has 1 aliphatic heterocycles. The summed E-state index contributed by atoms with van der Waals surface area (Å²) in [6.07, 6.45) is 0. The second kappa shape index (κ2) is 11.7. The van der Waals surface area contributed by atoms with E-state index in [4.69, 9.17) is 14.6 Å². The van der Waals surface area contributed by atoms with Crippen LogP contribution in [0.1, 0.15) is 32.0 Å². The molecule has 8 nitrogen and oxygen atoms in total. The molecule has 8 heteroatoms. The molecule has 0 fully saturated rings. The molecule has 5 aromatic rings. The highest BCUT2D eigenvalue weighted by Crippen LogP contribution is 2.33. The van der Waals surface area contributed by atoms with E-state index in [1.807, 2.05) is 91.9 Å². The Kier molecular flexibility index (Phi) is 7.67. The number of anilines is 3. The highest BCUT2D eigenvalue weighted by Gasteiger charge is 2.22. The zero-order valence-corrected chi connectivity index (χ0v) is 25.1. The van der Waals surface area contributed by atoms with Crippen LogP contribution in [0.25, 0.3) is 16.5 Å². The number of nitrogens with zero attached hydrogens (tertiary/aromatic N) is 3. The van der Waals surface area contributed by atoms with Crippen LogP contribution in [0.4, 0.5) is 22.0 Å². The van der Waals surface area contributed by atoms with Crippen LogP contribution in [0.3, 0.4) is 0 Å². The number of carbonyl (C=O) groups excluding carboxylic acids is 1. The van der Waals surface area contributed by atoms with Crippen molar-refractivity contribution in [2.45, 2.75) is 33.1 Å². The Morgan fingerprint density at radius 1 is 0.930 bits per heavy atom. The maximum absolute atomic E-state index is 13.3. The van der Waals surface area contributed by atoms with Gasteiger partial charge in [-0.05, 0) is 43.3 Å². The minimum Gasteiger partial charge on any atom is -0.491 e. The molecular weight excluding hydrogens is 538 g/mol. The van der Waals surface area contributed by atoms with Crippen LogP contribution in [0.15, 0.2) is 91.0 Å². The first-order chi connectivity index (χ1) is 20.8. The number of amides is 2. The number of aryl methyl sites for hydroxylation is 1. The largest absolute Gasteiger partial charge is 0.491 e. The van der Waals surface area contributed by atoms with Crippen molar-refractivity contribution in [3.8, 4) is 17.2 Å². The van der Waals surface area contributed by atoms with E-state index in [0.717, 1.165) is 58.0 Å². The third kappa shape index (κ3) is 6.14. The fraction of sp³-hybridized carbons (Fsp3) is 0.257. The Labute approximate surface area is 252 Å². The van der Waals surface area contributed by atoms with Gasteiger partial charge in [0, 0.05) is 22.3 Å². The highest BCUT2D eigenvalue weighted by molar-refractivity contribution is 6.07. The topological polar surface area (TPSA) is 80.7 Å². The van der Waals surface area contributed by atoms with Crippen molar-refractivity contribution in [2.24, 2.45) is 0 Å². The smallest absolute Gasteiger partial charge is 0.324 e. The van der Waals surface area contributed by atoms with Gasteiger partial charge in [0.15, 0.2) is 0 Å². The molecule has 0 spiro atoms. The molecule has 0 atom stereocenters. The first-order valence-electron chi connectivity index (χ1n) is 14.6. The zero-order chi connectivity index (χ0) is 30.0. The summed E-state index contributed by atoms with van der Waals surface area (Å²) < 4.78 is 13.8. The Bertz CT molecular complexity index is 1750. The summed E-state index contributed by atoms with van der Waals surface area (Å²) in [6, 6.07) is 29.5. The average molecular weight is 576 g/mol. The predicted molar refractivity (Wildman–Crippen MR) is 173 cm³/mol. The molecule has 1 aromatic heterocycles. The second-order valence-corrected chi connectivity index (χ2v) is 11.8. The molecule has 0 unspecified atom stereocenters. The molecule has 0 saturated carbocycles. The number of hydrogen-bond acceptors (Lipinski definition) is 5. The van der Waals surface area contributed by atoms with E-state index in [-0.39, 0.29) is 11.4 Å². The minimum absolute atomic E-state index is 0.181. The number of para-hydroxylation sites is 2. The number of rotatable bonds is 7. The van der Waals surface area contributed by atoms with Crippen molar-refractivity contribution in [1.82, 2.24) is 9.78 Å². The summed E-state index contributed by atoms with van der Waals surface area (Å²) in [7, 11) is 0. The molecule has 2 heterocycles. The summed E-state index contributed by atoms with van der Waals surface area (Å²) in [5.74, 6) is 2.28. The molecule has 0 saturated heterocycles. The number of hydrogen-bond donors (Lipinski definition) is 2. The lowest BCUT2D eigenvalue weighted by atomic mass is 9.92.